The van der Waals surface area contributed by atoms with Crippen molar-refractivity contribution >= 4 is 5.91 Å². The molecule has 31 heavy (non-hydrogen) atoms. The van der Waals surface area contributed by atoms with Gasteiger partial charge in [0.2, 0.25) is 0 Å². The Morgan fingerprint density at radius 1 is 1.19 bits per heavy atom. The van der Waals surface area contributed by atoms with Crippen LogP contribution in [0.15, 0.2) is 30.6 Å². The van der Waals surface area contributed by atoms with E-state index in [0.717, 1.165) is 50.5 Å². The highest BCUT2D eigenvalue weighted by atomic mass is 16.5. The standard InChI is InChI=1S/C24H37N5O2/c1-19(2)22-17-21(26-29(22)24(3,4)5)23(30)28(18-20-7-9-25-10-8-20)12-6-11-27-13-15-31-16-14-27/h7-10,17,19H,6,11-16,18H2,1-5H3. The van der Waals surface area contributed by atoms with Crippen LogP contribution in [0.4, 0.5) is 0 Å². The Kier molecular flexibility index (Phi) is 7.84. The molecule has 7 nitrogen and oxygen atoms in total. The first kappa shape index (κ1) is 23.4. The van der Waals surface area contributed by atoms with E-state index in [2.05, 4.69) is 44.5 Å². The largest absolute Gasteiger partial charge is 0.379 e. The topological polar surface area (TPSA) is 63.5 Å². The highest BCUT2D eigenvalue weighted by molar-refractivity contribution is 5.92. The second-order valence-corrected chi connectivity index (χ2v) is 9.58. The van der Waals surface area contributed by atoms with E-state index in [1.807, 2.05) is 27.8 Å². The van der Waals surface area contributed by atoms with E-state index in [1.165, 1.54) is 0 Å². The summed E-state index contributed by atoms with van der Waals surface area (Å²) in [6, 6.07) is 5.91. The predicted octanol–water partition coefficient (Wildman–Crippen LogP) is 3.52. The quantitative estimate of drug-likeness (QED) is 0.645. The molecular formula is C24H37N5O2. The van der Waals surface area contributed by atoms with Gasteiger partial charge in [-0.25, -0.2) is 0 Å². The molecule has 2 aromatic rings. The van der Waals surface area contributed by atoms with E-state index >= 15 is 0 Å². The summed E-state index contributed by atoms with van der Waals surface area (Å²) in [5.74, 6) is 0.284. The predicted molar refractivity (Wildman–Crippen MR) is 122 cm³/mol. The maximum atomic E-state index is 13.5. The number of hydrogen-bond donors (Lipinski definition) is 0. The van der Waals surface area contributed by atoms with E-state index in [-0.39, 0.29) is 11.4 Å². The fourth-order valence-corrected chi connectivity index (χ4v) is 3.88. The van der Waals surface area contributed by atoms with Crippen LogP contribution >= 0.6 is 0 Å². The van der Waals surface area contributed by atoms with Crippen molar-refractivity contribution < 1.29 is 9.53 Å². The molecule has 1 amide bonds. The van der Waals surface area contributed by atoms with Gasteiger partial charge >= 0.3 is 0 Å². The first-order valence-corrected chi connectivity index (χ1v) is 11.3. The number of morpholine rings is 1. The third kappa shape index (κ3) is 6.37. The Morgan fingerprint density at radius 2 is 1.87 bits per heavy atom. The summed E-state index contributed by atoms with van der Waals surface area (Å²) < 4.78 is 7.44. The van der Waals surface area contributed by atoms with Crippen LogP contribution in [0.25, 0.3) is 0 Å². The van der Waals surface area contributed by atoms with Gasteiger partial charge in [0.05, 0.1) is 18.8 Å². The fraction of sp³-hybridized carbons (Fsp3) is 0.625. The molecule has 0 unspecified atom stereocenters. The van der Waals surface area contributed by atoms with Crippen molar-refractivity contribution in [2.45, 2.75) is 59.0 Å². The van der Waals surface area contributed by atoms with E-state index in [4.69, 9.17) is 9.84 Å². The van der Waals surface area contributed by atoms with Crippen molar-refractivity contribution in [3.63, 3.8) is 0 Å². The number of carbonyl (C=O) groups is 1. The van der Waals surface area contributed by atoms with E-state index in [9.17, 15) is 4.79 Å². The van der Waals surface area contributed by atoms with Gasteiger partial charge in [-0.2, -0.15) is 5.10 Å². The van der Waals surface area contributed by atoms with Gasteiger partial charge < -0.3 is 9.64 Å². The smallest absolute Gasteiger partial charge is 0.274 e. The number of nitrogens with zero attached hydrogens (tertiary/aromatic N) is 5. The van der Waals surface area contributed by atoms with Crippen LogP contribution in [0, 0.1) is 0 Å². The normalized spacial score (nSPS) is 15.4. The molecule has 1 saturated heterocycles. The van der Waals surface area contributed by atoms with E-state index in [0.29, 0.717) is 24.7 Å². The Bertz CT molecular complexity index is 835. The van der Waals surface area contributed by atoms with Crippen molar-refractivity contribution in [3.8, 4) is 0 Å². The first-order chi connectivity index (χ1) is 14.8. The van der Waals surface area contributed by atoms with Gasteiger partial charge in [0, 0.05) is 50.8 Å². The average molecular weight is 428 g/mol. The number of rotatable bonds is 8. The molecule has 1 fully saturated rings. The zero-order valence-electron chi connectivity index (χ0n) is 19.7. The van der Waals surface area contributed by atoms with Gasteiger partial charge in [-0.3, -0.25) is 19.4 Å². The second-order valence-electron chi connectivity index (χ2n) is 9.58. The van der Waals surface area contributed by atoms with Gasteiger partial charge in [0.1, 0.15) is 0 Å². The van der Waals surface area contributed by atoms with Crippen molar-refractivity contribution in [2.24, 2.45) is 0 Å². The fourth-order valence-electron chi connectivity index (χ4n) is 3.88. The lowest BCUT2D eigenvalue weighted by Crippen LogP contribution is -2.39. The molecule has 7 heteroatoms. The van der Waals surface area contributed by atoms with Crippen LogP contribution in [0.5, 0.6) is 0 Å². The highest BCUT2D eigenvalue weighted by Crippen LogP contribution is 2.24. The van der Waals surface area contributed by atoms with Gasteiger partial charge in [0.25, 0.3) is 5.91 Å². The molecule has 0 aromatic carbocycles. The zero-order valence-corrected chi connectivity index (χ0v) is 19.7. The number of carbonyl (C=O) groups excluding carboxylic acids is 1. The molecule has 2 aromatic heterocycles. The summed E-state index contributed by atoms with van der Waals surface area (Å²) in [7, 11) is 0. The molecule has 0 aliphatic carbocycles. The number of hydrogen-bond acceptors (Lipinski definition) is 5. The summed E-state index contributed by atoms with van der Waals surface area (Å²) >= 11 is 0. The molecule has 1 aliphatic rings. The molecule has 0 N–H and O–H groups in total. The highest BCUT2D eigenvalue weighted by Gasteiger charge is 2.26. The van der Waals surface area contributed by atoms with E-state index < -0.39 is 0 Å². The van der Waals surface area contributed by atoms with Crippen molar-refractivity contribution in [1.82, 2.24) is 24.6 Å². The van der Waals surface area contributed by atoms with Gasteiger partial charge in [-0.15, -0.1) is 0 Å². The lowest BCUT2D eigenvalue weighted by Gasteiger charge is -2.28. The van der Waals surface area contributed by atoms with Crippen LogP contribution in [-0.2, 0) is 16.8 Å². The van der Waals surface area contributed by atoms with Crippen LogP contribution in [-0.4, -0.2) is 69.9 Å². The van der Waals surface area contributed by atoms with Crippen LogP contribution in [0.3, 0.4) is 0 Å². The minimum Gasteiger partial charge on any atom is -0.379 e. The summed E-state index contributed by atoms with van der Waals surface area (Å²) in [5, 5.41) is 4.75. The number of aromatic nitrogens is 3. The van der Waals surface area contributed by atoms with Crippen molar-refractivity contribution in [1.29, 1.82) is 0 Å². The molecule has 1 aliphatic heterocycles. The first-order valence-electron chi connectivity index (χ1n) is 11.3. The summed E-state index contributed by atoms with van der Waals surface area (Å²) in [4.78, 5) is 22.0. The summed E-state index contributed by atoms with van der Waals surface area (Å²) in [5.41, 5.74) is 2.52. The number of ether oxygens (including phenoxy) is 1. The monoisotopic (exact) mass is 427 g/mol. The Balaban J connectivity index is 1.77. The van der Waals surface area contributed by atoms with E-state index in [1.54, 1.807) is 12.4 Å². The van der Waals surface area contributed by atoms with Gasteiger partial charge in [0.15, 0.2) is 5.69 Å². The van der Waals surface area contributed by atoms with Crippen LogP contribution in [0.1, 0.15) is 68.7 Å². The molecule has 0 saturated carbocycles. The molecular weight excluding hydrogens is 390 g/mol. The third-order valence-electron chi connectivity index (χ3n) is 5.60. The summed E-state index contributed by atoms with van der Waals surface area (Å²) in [6.45, 7) is 16.4. The zero-order chi connectivity index (χ0) is 22.4. The minimum absolute atomic E-state index is 0.0105. The second kappa shape index (κ2) is 10.4. The molecule has 0 atom stereocenters. The number of amides is 1. The van der Waals surface area contributed by atoms with Gasteiger partial charge in [-0.1, -0.05) is 13.8 Å². The lowest BCUT2D eigenvalue weighted by molar-refractivity contribution is 0.0355. The van der Waals surface area contributed by atoms with Crippen molar-refractivity contribution in [3.05, 3.63) is 47.5 Å². The van der Waals surface area contributed by atoms with Crippen molar-refractivity contribution in [2.75, 3.05) is 39.4 Å². The molecule has 3 heterocycles. The van der Waals surface area contributed by atoms with Crippen LogP contribution < -0.4 is 0 Å². The lowest BCUT2D eigenvalue weighted by atomic mass is 10.1. The minimum atomic E-state index is -0.176. The van der Waals surface area contributed by atoms with Gasteiger partial charge in [-0.05, 0) is 56.9 Å². The molecule has 170 valence electrons. The van der Waals surface area contributed by atoms with Crippen LogP contribution in [0.2, 0.25) is 0 Å². The average Bonchev–Trinajstić information content (AvgIpc) is 3.21. The Hall–Kier alpha value is -2.25. The number of pyridine rings is 1. The SMILES string of the molecule is CC(C)c1cc(C(=O)N(CCCN2CCOCC2)Cc2ccncc2)nn1C(C)(C)C. The third-order valence-corrected chi connectivity index (χ3v) is 5.60. The summed E-state index contributed by atoms with van der Waals surface area (Å²) in [6.07, 6.45) is 4.47. The maximum Gasteiger partial charge on any atom is 0.274 e. The molecule has 0 spiro atoms. The molecule has 3 rings (SSSR count). The Labute approximate surface area is 186 Å². The molecule has 0 radical (unpaired) electrons. The molecule has 0 bridgehead atoms. The Morgan fingerprint density at radius 3 is 2.45 bits per heavy atom. The maximum absolute atomic E-state index is 13.5.